The molecular formula is C11H17NO4S2. The van der Waals surface area contributed by atoms with Gasteiger partial charge in [0.05, 0.1) is 5.75 Å². The minimum Gasteiger partial charge on any atom is -0.481 e. The fourth-order valence-corrected chi connectivity index (χ4v) is 3.31. The molecule has 7 heteroatoms. The predicted octanol–water partition coefficient (Wildman–Crippen LogP) is 1.42. The van der Waals surface area contributed by atoms with Crippen LogP contribution in [0.1, 0.15) is 17.7 Å². The normalized spacial score (nSPS) is 11.9. The summed E-state index contributed by atoms with van der Waals surface area (Å²) in [6.07, 6.45) is 0.728. The molecule has 0 atom stereocenters. The van der Waals surface area contributed by atoms with Crippen molar-refractivity contribution in [3.8, 4) is 0 Å². The van der Waals surface area contributed by atoms with E-state index in [0.29, 0.717) is 13.0 Å². The Kier molecular flexibility index (Phi) is 5.77. The Balaban J connectivity index is 2.39. The van der Waals surface area contributed by atoms with Gasteiger partial charge in [0, 0.05) is 24.9 Å². The highest BCUT2D eigenvalue weighted by atomic mass is 32.2. The van der Waals surface area contributed by atoms with Gasteiger partial charge in [0.2, 0.25) is 10.0 Å². The number of aliphatic carboxylic acids is 1. The standard InChI is InChI=1S/C11H17NO4S2/c1-12(7-6-10-4-2-8-17-10)18(15,16)9-3-5-11(13)14/h2,4,8H,3,5-7,9H2,1H3,(H,13,14). The largest absolute Gasteiger partial charge is 0.481 e. The maximum atomic E-state index is 11.8. The Morgan fingerprint density at radius 2 is 2.22 bits per heavy atom. The fourth-order valence-electron chi connectivity index (χ4n) is 1.42. The van der Waals surface area contributed by atoms with Gasteiger partial charge in [-0.25, -0.2) is 12.7 Å². The molecule has 0 spiro atoms. The zero-order valence-corrected chi connectivity index (χ0v) is 11.8. The second kappa shape index (κ2) is 6.86. The molecule has 5 nitrogen and oxygen atoms in total. The first-order chi connectivity index (χ1) is 8.42. The van der Waals surface area contributed by atoms with Crippen molar-refractivity contribution in [3.05, 3.63) is 22.4 Å². The summed E-state index contributed by atoms with van der Waals surface area (Å²) in [7, 11) is -1.80. The topological polar surface area (TPSA) is 74.7 Å². The average Bonchev–Trinajstić information content (AvgIpc) is 2.77. The molecule has 0 fully saturated rings. The number of rotatable bonds is 8. The van der Waals surface area contributed by atoms with E-state index in [2.05, 4.69) is 0 Å². The highest BCUT2D eigenvalue weighted by Gasteiger charge is 2.17. The van der Waals surface area contributed by atoms with Gasteiger partial charge in [-0.2, -0.15) is 0 Å². The lowest BCUT2D eigenvalue weighted by molar-refractivity contribution is -0.137. The van der Waals surface area contributed by atoms with Gasteiger partial charge in [0.15, 0.2) is 0 Å². The van der Waals surface area contributed by atoms with Crippen molar-refractivity contribution in [2.75, 3.05) is 19.3 Å². The summed E-state index contributed by atoms with van der Waals surface area (Å²) in [6.45, 7) is 0.427. The summed E-state index contributed by atoms with van der Waals surface area (Å²) >= 11 is 1.60. The molecule has 0 aromatic carbocycles. The summed E-state index contributed by atoms with van der Waals surface area (Å²) in [4.78, 5) is 11.5. The van der Waals surface area contributed by atoms with Crippen molar-refractivity contribution in [1.29, 1.82) is 0 Å². The van der Waals surface area contributed by atoms with Crippen molar-refractivity contribution in [2.45, 2.75) is 19.3 Å². The van der Waals surface area contributed by atoms with E-state index in [9.17, 15) is 13.2 Å². The van der Waals surface area contributed by atoms with Gasteiger partial charge >= 0.3 is 5.97 Å². The summed E-state index contributed by atoms with van der Waals surface area (Å²) in [5, 5.41) is 10.4. The highest BCUT2D eigenvalue weighted by molar-refractivity contribution is 7.89. The van der Waals surface area contributed by atoms with Gasteiger partial charge in [-0.1, -0.05) is 6.07 Å². The van der Waals surface area contributed by atoms with Crippen LogP contribution in [0.3, 0.4) is 0 Å². The van der Waals surface area contributed by atoms with E-state index in [1.54, 1.807) is 11.3 Å². The van der Waals surface area contributed by atoms with Gasteiger partial charge in [-0.05, 0) is 24.3 Å². The Hall–Kier alpha value is -0.920. The first-order valence-corrected chi connectivity index (χ1v) is 8.09. The van der Waals surface area contributed by atoms with Crippen LogP contribution >= 0.6 is 11.3 Å². The van der Waals surface area contributed by atoms with Crippen LogP contribution in [-0.2, 0) is 21.2 Å². The van der Waals surface area contributed by atoms with Crippen LogP contribution in [-0.4, -0.2) is 43.1 Å². The Morgan fingerprint density at radius 3 is 2.78 bits per heavy atom. The third-order valence-electron chi connectivity index (χ3n) is 2.52. The summed E-state index contributed by atoms with van der Waals surface area (Å²) in [5.41, 5.74) is 0. The van der Waals surface area contributed by atoms with Crippen molar-refractivity contribution >= 4 is 27.3 Å². The highest BCUT2D eigenvalue weighted by Crippen LogP contribution is 2.11. The molecule has 0 bridgehead atoms. The molecule has 0 aliphatic heterocycles. The quantitative estimate of drug-likeness (QED) is 0.786. The second-order valence-corrected chi connectivity index (χ2v) is 7.19. The monoisotopic (exact) mass is 291 g/mol. The van der Waals surface area contributed by atoms with Gasteiger partial charge in [-0.15, -0.1) is 11.3 Å². The lowest BCUT2D eigenvalue weighted by Crippen LogP contribution is -2.31. The lowest BCUT2D eigenvalue weighted by Gasteiger charge is -2.16. The summed E-state index contributed by atoms with van der Waals surface area (Å²) in [5.74, 6) is -1.08. The van der Waals surface area contributed by atoms with Crippen LogP contribution in [0.4, 0.5) is 0 Å². The number of hydrogen-bond donors (Lipinski definition) is 1. The van der Waals surface area contributed by atoms with E-state index >= 15 is 0 Å². The van der Waals surface area contributed by atoms with E-state index in [4.69, 9.17) is 5.11 Å². The van der Waals surface area contributed by atoms with Crippen molar-refractivity contribution < 1.29 is 18.3 Å². The molecule has 1 heterocycles. The molecule has 0 unspecified atom stereocenters. The molecular weight excluding hydrogens is 274 g/mol. The Morgan fingerprint density at radius 1 is 1.50 bits per heavy atom. The number of carboxylic acids is 1. The van der Waals surface area contributed by atoms with Gasteiger partial charge in [0.25, 0.3) is 0 Å². The van der Waals surface area contributed by atoms with Crippen molar-refractivity contribution in [2.24, 2.45) is 0 Å². The SMILES string of the molecule is CN(CCc1cccs1)S(=O)(=O)CCCC(=O)O. The molecule has 1 N–H and O–H groups in total. The third kappa shape index (κ3) is 5.16. The van der Waals surface area contributed by atoms with Gasteiger partial charge in [-0.3, -0.25) is 4.79 Å². The smallest absolute Gasteiger partial charge is 0.303 e. The van der Waals surface area contributed by atoms with E-state index in [1.165, 1.54) is 11.4 Å². The first kappa shape index (κ1) is 15.1. The van der Waals surface area contributed by atoms with Crippen molar-refractivity contribution in [3.63, 3.8) is 0 Å². The summed E-state index contributed by atoms with van der Waals surface area (Å²) < 4.78 is 24.9. The molecule has 0 saturated carbocycles. The second-order valence-electron chi connectivity index (χ2n) is 3.96. The molecule has 0 aliphatic rings. The molecule has 1 rings (SSSR count). The van der Waals surface area contributed by atoms with Crippen LogP contribution in [0.5, 0.6) is 0 Å². The van der Waals surface area contributed by atoms with Crippen LogP contribution < -0.4 is 0 Å². The van der Waals surface area contributed by atoms with E-state index in [0.717, 1.165) is 4.88 Å². The molecule has 0 saturated heterocycles. The first-order valence-electron chi connectivity index (χ1n) is 5.60. The fraction of sp³-hybridized carbons (Fsp3) is 0.545. The molecule has 0 amide bonds. The minimum absolute atomic E-state index is 0.111. The van der Waals surface area contributed by atoms with Gasteiger partial charge in [0.1, 0.15) is 0 Å². The third-order valence-corrected chi connectivity index (χ3v) is 5.39. The molecule has 0 radical (unpaired) electrons. The summed E-state index contributed by atoms with van der Waals surface area (Å²) in [6, 6.07) is 3.90. The van der Waals surface area contributed by atoms with Crippen LogP contribution in [0.25, 0.3) is 0 Å². The molecule has 0 aliphatic carbocycles. The zero-order chi connectivity index (χ0) is 13.6. The number of likely N-dealkylation sites (N-methyl/N-ethyl adjacent to an activating group) is 1. The predicted molar refractivity (Wildman–Crippen MR) is 71.3 cm³/mol. The number of carboxylic acid groups (broad SMARTS) is 1. The molecule has 1 aromatic heterocycles. The van der Waals surface area contributed by atoms with E-state index in [1.807, 2.05) is 17.5 Å². The number of nitrogens with zero attached hydrogens (tertiary/aromatic N) is 1. The number of sulfonamides is 1. The number of thiophene rings is 1. The van der Waals surface area contributed by atoms with Crippen molar-refractivity contribution in [1.82, 2.24) is 4.31 Å². The molecule has 18 heavy (non-hydrogen) atoms. The lowest BCUT2D eigenvalue weighted by atomic mass is 10.3. The minimum atomic E-state index is -3.33. The zero-order valence-electron chi connectivity index (χ0n) is 10.2. The maximum Gasteiger partial charge on any atom is 0.303 e. The van der Waals surface area contributed by atoms with E-state index < -0.39 is 16.0 Å². The molecule has 102 valence electrons. The van der Waals surface area contributed by atoms with Crippen LogP contribution in [0, 0.1) is 0 Å². The Bertz CT molecular complexity index is 467. The average molecular weight is 291 g/mol. The molecule has 1 aromatic rings. The van der Waals surface area contributed by atoms with Gasteiger partial charge < -0.3 is 5.11 Å². The van der Waals surface area contributed by atoms with E-state index in [-0.39, 0.29) is 18.6 Å². The maximum absolute atomic E-state index is 11.8. The Labute approximate surface area is 111 Å². The number of carbonyl (C=O) groups is 1. The van der Waals surface area contributed by atoms with Crippen LogP contribution in [0.2, 0.25) is 0 Å². The van der Waals surface area contributed by atoms with Crippen LogP contribution in [0.15, 0.2) is 17.5 Å². The number of hydrogen-bond acceptors (Lipinski definition) is 4.